The minimum absolute atomic E-state index is 0.0326. The van der Waals surface area contributed by atoms with E-state index in [4.69, 9.17) is 28.3 Å². The standard InChI is InChI=1S/C38H72O17P2S/c1-3-5-6-7-8-9-10-11-12-13-14-18-21-25-31(40)53-29(27-51-30(39)24-20-17-15-16-19-22-26-58-32(41)23-4-2)28-52-57(49,50)55-38-35(44)33(42)34(43)37(36(38)45)54-56(46,47)48/h29,33-38,42-45H,3-28H2,1-2H3,(H,49,50)(H2,46,47,48)/t29-,33+,34?,35?,36-,37-,38?/m1/s1. The van der Waals surface area contributed by atoms with Gasteiger partial charge in [-0.25, -0.2) is 9.13 Å². The number of hydrogen-bond donors (Lipinski definition) is 7. The second kappa shape index (κ2) is 31.8. The fourth-order valence-electron chi connectivity index (χ4n) is 6.40. The maximum atomic E-state index is 12.9. The molecule has 0 aromatic heterocycles. The first kappa shape index (κ1) is 55.0. The summed E-state index contributed by atoms with van der Waals surface area (Å²) in [5.74, 6) is -0.462. The first-order valence-corrected chi connectivity index (χ1v) is 25.1. The van der Waals surface area contributed by atoms with Crippen molar-refractivity contribution in [2.45, 2.75) is 204 Å². The van der Waals surface area contributed by atoms with Gasteiger partial charge in [-0.3, -0.25) is 28.0 Å². The van der Waals surface area contributed by atoms with E-state index in [0.717, 1.165) is 70.0 Å². The Balaban J connectivity index is 2.65. The highest BCUT2D eigenvalue weighted by molar-refractivity contribution is 8.13. The topological polar surface area (TPSA) is 273 Å². The number of aliphatic hydroxyl groups excluding tert-OH is 4. The molecule has 0 spiro atoms. The molecule has 0 bridgehead atoms. The quantitative estimate of drug-likeness (QED) is 0.0213. The van der Waals surface area contributed by atoms with Crippen molar-refractivity contribution in [3.05, 3.63) is 0 Å². The van der Waals surface area contributed by atoms with Gasteiger partial charge < -0.3 is 44.6 Å². The molecule has 0 heterocycles. The average Bonchev–Trinajstić information content (AvgIpc) is 3.16. The van der Waals surface area contributed by atoms with Crippen LogP contribution in [0.5, 0.6) is 0 Å². The molecule has 20 heteroatoms. The lowest BCUT2D eigenvalue weighted by Crippen LogP contribution is -2.64. The molecule has 0 aromatic rings. The molecule has 1 fully saturated rings. The number of carbonyl (C=O) groups excluding carboxylic acids is 3. The van der Waals surface area contributed by atoms with Crippen LogP contribution in [0, 0.1) is 0 Å². The van der Waals surface area contributed by atoms with Crippen LogP contribution in [0.3, 0.4) is 0 Å². The Morgan fingerprint density at radius 3 is 1.52 bits per heavy atom. The first-order chi connectivity index (χ1) is 27.5. The molecular formula is C38H72O17P2S. The molecule has 1 saturated carbocycles. The fraction of sp³-hybridized carbons (Fsp3) is 0.921. The van der Waals surface area contributed by atoms with Crippen LogP contribution in [0.2, 0.25) is 0 Å². The largest absolute Gasteiger partial charge is 0.472 e. The van der Waals surface area contributed by atoms with Gasteiger partial charge in [0.05, 0.1) is 6.61 Å². The van der Waals surface area contributed by atoms with E-state index < -0.39 is 83.5 Å². The maximum absolute atomic E-state index is 12.9. The van der Waals surface area contributed by atoms with Crippen molar-refractivity contribution in [1.29, 1.82) is 0 Å². The van der Waals surface area contributed by atoms with E-state index in [0.29, 0.717) is 19.3 Å². The number of esters is 2. The van der Waals surface area contributed by atoms with Gasteiger partial charge in [0.15, 0.2) is 11.2 Å². The van der Waals surface area contributed by atoms with Gasteiger partial charge >= 0.3 is 27.6 Å². The Bertz CT molecular complexity index is 1220. The predicted octanol–water partition coefficient (Wildman–Crippen LogP) is 6.15. The lowest BCUT2D eigenvalue weighted by Gasteiger charge is -2.43. The Morgan fingerprint density at radius 2 is 1.02 bits per heavy atom. The monoisotopic (exact) mass is 894 g/mol. The third kappa shape index (κ3) is 26.4. The van der Waals surface area contributed by atoms with Crippen LogP contribution in [-0.4, -0.2) is 114 Å². The van der Waals surface area contributed by atoms with Crippen LogP contribution in [0.25, 0.3) is 0 Å². The molecule has 4 unspecified atom stereocenters. The molecule has 0 aromatic carbocycles. The summed E-state index contributed by atoms with van der Waals surface area (Å²) in [7, 11) is -10.7. The summed E-state index contributed by atoms with van der Waals surface area (Å²) in [5, 5.41) is 41.3. The van der Waals surface area contributed by atoms with Gasteiger partial charge in [-0.15, -0.1) is 0 Å². The first-order valence-electron chi connectivity index (χ1n) is 21.1. The lowest BCUT2D eigenvalue weighted by molar-refractivity contribution is -0.216. The third-order valence-electron chi connectivity index (χ3n) is 9.69. The van der Waals surface area contributed by atoms with Gasteiger partial charge in [-0.2, -0.15) is 0 Å². The number of phosphoric ester groups is 2. The van der Waals surface area contributed by atoms with Gasteiger partial charge in [0.1, 0.15) is 43.2 Å². The second-order valence-corrected chi connectivity index (χ2v) is 18.7. The number of ether oxygens (including phenoxy) is 2. The Hall–Kier alpha value is -0.980. The SMILES string of the molecule is CCCCCCCCCCCCCCCC(=O)O[C@H](COC(=O)CCCCCCCCSC(=O)CCC)COP(=O)(O)OC1C(O)[C@@H](O)C(O)[C@@H](OP(=O)(O)O)[C@H]1O. The predicted molar refractivity (Wildman–Crippen MR) is 217 cm³/mol. The van der Waals surface area contributed by atoms with Gasteiger partial charge in [-0.1, -0.05) is 128 Å². The number of thioether (sulfide) groups is 1. The lowest BCUT2D eigenvalue weighted by atomic mass is 9.85. The van der Waals surface area contributed by atoms with Crippen LogP contribution >= 0.6 is 27.4 Å². The molecule has 17 nitrogen and oxygen atoms in total. The van der Waals surface area contributed by atoms with Crippen molar-refractivity contribution >= 4 is 44.5 Å². The van der Waals surface area contributed by atoms with Crippen molar-refractivity contribution in [2.24, 2.45) is 0 Å². The molecule has 1 aliphatic carbocycles. The number of unbranched alkanes of at least 4 members (excludes halogenated alkanes) is 17. The highest BCUT2D eigenvalue weighted by atomic mass is 32.2. The molecule has 0 radical (unpaired) electrons. The highest BCUT2D eigenvalue weighted by Gasteiger charge is 2.54. The normalized spacial score (nSPS) is 22.6. The van der Waals surface area contributed by atoms with Crippen molar-refractivity contribution < 1.29 is 81.7 Å². The van der Waals surface area contributed by atoms with Gasteiger partial charge in [0.25, 0.3) is 0 Å². The number of aliphatic hydroxyl groups is 4. The minimum Gasteiger partial charge on any atom is -0.462 e. The molecule has 58 heavy (non-hydrogen) atoms. The fourth-order valence-corrected chi connectivity index (χ4v) is 8.86. The molecule has 0 amide bonds. The molecule has 0 saturated heterocycles. The van der Waals surface area contributed by atoms with Gasteiger partial charge in [-0.05, 0) is 25.7 Å². The zero-order valence-corrected chi connectivity index (χ0v) is 37.0. The van der Waals surface area contributed by atoms with E-state index in [1.54, 1.807) is 0 Å². The molecule has 342 valence electrons. The molecule has 7 N–H and O–H groups in total. The molecule has 0 aliphatic heterocycles. The van der Waals surface area contributed by atoms with E-state index in [9.17, 15) is 48.8 Å². The Labute approximate surface area is 348 Å². The summed E-state index contributed by atoms with van der Waals surface area (Å²) in [4.78, 5) is 65.6. The van der Waals surface area contributed by atoms with Crippen molar-refractivity contribution in [3.8, 4) is 0 Å². The Kier molecular flexibility index (Phi) is 30.2. The van der Waals surface area contributed by atoms with E-state index in [1.165, 1.54) is 63.1 Å². The van der Waals surface area contributed by atoms with Crippen LogP contribution in [0.4, 0.5) is 0 Å². The summed E-state index contributed by atoms with van der Waals surface area (Å²) in [5.41, 5.74) is 0. The summed E-state index contributed by atoms with van der Waals surface area (Å²) >= 11 is 1.37. The van der Waals surface area contributed by atoms with E-state index in [-0.39, 0.29) is 18.0 Å². The van der Waals surface area contributed by atoms with Crippen molar-refractivity contribution in [1.82, 2.24) is 0 Å². The smallest absolute Gasteiger partial charge is 0.462 e. The van der Waals surface area contributed by atoms with E-state index >= 15 is 0 Å². The molecule has 1 aliphatic rings. The van der Waals surface area contributed by atoms with Gasteiger partial charge in [0, 0.05) is 25.0 Å². The number of hydrogen-bond acceptors (Lipinski definition) is 15. The zero-order valence-electron chi connectivity index (χ0n) is 34.4. The van der Waals surface area contributed by atoms with Crippen LogP contribution < -0.4 is 0 Å². The van der Waals surface area contributed by atoms with Gasteiger partial charge in [0.2, 0.25) is 0 Å². The molecular weight excluding hydrogens is 822 g/mol. The molecule has 1 rings (SSSR count). The average molecular weight is 895 g/mol. The summed E-state index contributed by atoms with van der Waals surface area (Å²) in [6, 6.07) is 0. The van der Waals surface area contributed by atoms with Crippen LogP contribution in [-0.2, 0) is 46.6 Å². The Morgan fingerprint density at radius 1 is 0.552 bits per heavy atom. The summed E-state index contributed by atoms with van der Waals surface area (Å²) in [6.07, 6.45) is 6.27. The third-order valence-corrected chi connectivity index (χ3v) is 12.2. The van der Waals surface area contributed by atoms with Crippen LogP contribution in [0.1, 0.15) is 162 Å². The number of carbonyl (C=O) groups is 3. The van der Waals surface area contributed by atoms with Crippen molar-refractivity contribution in [3.63, 3.8) is 0 Å². The maximum Gasteiger partial charge on any atom is 0.472 e. The van der Waals surface area contributed by atoms with Crippen molar-refractivity contribution in [2.75, 3.05) is 19.0 Å². The second-order valence-electron chi connectivity index (χ2n) is 15.0. The minimum atomic E-state index is -5.36. The summed E-state index contributed by atoms with van der Waals surface area (Å²) < 4.78 is 49.1. The number of phosphoric acid groups is 2. The van der Waals surface area contributed by atoms with Crippen LogP contribution in [0.15, 0.2) is 0 Å². The summed E-state index contributed by atoms with van der Waals surface area (Å²) in [6.45, 7) is 2.80. The molecule has 8 atom stereocenters. The van der Waals surface area contributed by atoms with E-state index in [2.05, 4.69) is 11.4 Å². The number of rotatable bonds is 35. The highest BCUT2D eigenvalue weighted by Crippen LogP contribution is 2.49. The van der Waals surface area contributed by atoms with E-state index in [1.807, 2.05) is 6.92 Å². The zero-order chi connectivity index (χ0) is 43.4.